The summed E-state index contributed by atoms with van der Waals surface area (Å²) in [7, 11) is 0. The number of aromatic nitrogens is 2. The zero-order valence-corrected chi connectivity index (χ0v) is 13.3. The standard InChI is InChI=1S/C16H21N5O/c1-10(11-5-7-12(17)8-6-11)18-21-15(22)13-9-14(20-19-13)16(2,3)4/h5-9H,17H2,1-4H3,(H,19,20)(H,21,22). The lowest BCUT2D eigenvalue weighted by atomic mass is 9.92. The minimum atomic E-state index is -0.346. The molecule has 4 N–H and O–H groups in total. The number of nitrogen functional groups attached to an aromatic ring is 1. The van der Waals surface area contributed by atoms with E-state index in [1.54, 1.807) is 18.2 Å². The third-order valence-electron chi connectivity index (χ3n) is 3.27. The Hall–Kier alpha value is -2.63. The van der Waals surface area contributed by atoms with E-state index in [-0.39, 0.29) is 11.3 Å². The summed E-state index contributed by atoms with van der Waals surface area (Å²) < 4.78 is 0. The molecule has 0 saturated heterocycles. The number of anilines is 1. The van der Waals surface area contributed by atoms with Crippen molar-refractivity contribution in [2.75, 3.05) is 5.73 Å². The number of nitrogens with one attached hydrogen (secondary N) is 2. The number of H-pyrrole nitrogens is 1. The van der Waals surface area contributed by atoms with Crippen LogP contribution in [0.15, 0.2) is 35.4 Å². The van der Waals surface area contributed by atoms with Crippen LogP contribution in [-0.4, -0.2) is 21.8 Å². The lowest BCUT2D eigenvalue weighted by molar-refractivity contribution is 0.0950. The molecule has 1 heterocycles. The van der Waals surface area contributed by atoms with Crippen LogP contribution in [0.4, 0.5) is 5.69 Å². The lowest BCUT2D eigenvalue weighted by Gasteiger charge is -2.14. The summed E-state index contributed by atoms with van der Waals surface area (Å²) >= 11 is 0. The quantitative estimate of drug-likeness (QED) is 0.461. The Labute approximate surface area is 129 Å². The van der Waals surface area contributed by atoms with E-state index in [1.807, 2.05) is 39.8 Å². The van der Waals surface area contributed by atoms with Gasteiger partial charge in [0.2, 0.25) is 0 Å². The summed E-state index contributed by atoms with van der Waals surface area (Å²) in [5.41, 5.74) is 11.6. The van der Waals surface area contributed by atoms with Gasteiger partial charge >= 0.3 is 0 Å². The SMILES string of the molecule is CC(=NNC(=O)c1cc(C(C)(C)C)[nH]n1)c1ccc(N)cc1. The van der Waals surface area contributed by atoms with Gasteiger partial charge in [-0.15, -0.1) is 0 Å². The minimum absolute atomic E-state index is 0.0886. The first kappa shape index (κ1) is 15.8. The molecule has 1 aromatic heterocycles. The molecule has 116 valence electrons. The molecule has 0 spiro atoms. The van der Waals surface area contributed by atoms with Crippen molar-refractivity contribution in [3.8, 4) is 0 Å². The van der Waals surface area contributed by atoms with Gasteiger partial charge in [-0.05, 0) is 30.7 Å². The Morgan fingerprint density at radius 2 is 1.91 bits per heavy atom. The van der Waals surface area contributed by atoms with Crippen molar-refractivity contribution >= 4 is 17.3 Å². The molecule has 0 bridgehead atoms. The first-order valence-corrected chi connectivity index (χ1v) is 7.04. The maximum atomic E-state index is 12.1. The number of nitrogens with two attached hydrogens (primary N) is 1. The smallest absolute Gasteiger partial charge is 0.291 e. The molecule has 2 aromatic rings. The molecular formula is C16H21N5O. The third kappa shape index (κ3) is 3.72. The van der Waals surface area contributed by atoms with Gasteiger partial charge in [-0.2, -0.15) is 10.2 Å². The molecule has 0 aliphatic carbocycles. The van der Waals surface area contributed by atoms with Crippen molar-refractivity contribution < 1.29 is 4.79 Å². The van der Waals surface area contributed by atoms with E-state index in [2.05, 4.69) is 20.7 Å². The Morgan fingerprint density at radius 1 is 1.27 bits per heavy atom. The molecule has 6 nitrogen and oxygen atoms in total. The Bertz CT molecular complexity index is 692. The van der Waals surface area contributed by atoms with E-state index in [0.717, 1.165) is 11.3 Å². The fourth-order valence-corrected chi connectivity index (χ4v) is 1.80. The van der Waals surface area contributed by atoms with Gasteiger partial charge in [-0.3, -0.25) is 9.89 Å². The average molecular weight is 299 g/mol. The molecule has 6 heteroatoms. The monoisotopic (exact) mass is 299 g/mol. The number of hydrogen-bond acceptors (Lipinski definition) is 4. The van der Waals surface area contributed by atoms with Crippen LogP contribution >= 0.6 is 0 Å². The molecular weight excluding hydrogens is 278 g/mol. The van der Waals surface area contributed by atoms with Gasteiger partial charge in [0.25, 0.3) is 5.91 Å². The molecule has 22 heavy (non-hydrogen) atoms. The van der Waals surface area contributed by atoms with E-state index in [0.29, 0.717) is 17.1 Å². The van der Waals surface area contributed by atoms with Crippen molar-refractivity contribution in [1.29, 1.82) is 0 Å². The fraction of sp³-hybridized carbons (Fsp3) is 0.312. The van der Waals surface area contributed by atoms with Crippen LogP contribution in [0.5, 0.6) is 0 Å². The van der Waals surface area contributed by atoms with E-state index in [4.69, 9.17) is 5.73 Å². The number of carbonyl (C=O) groups is 1. The van der Waals surface area contributed by atoms with E-state index >= 15 is 0 Å². The second-order valence-electron chi connectivity index (χ2n) is 6.18. The van der Waals surface area contributed by atoms with Crippen molar-refractivity contribution in [2.45, 2.75) is 33.1 Å². The zero-order valence-electron chi connectivity index (χ0n) is 13.3. The number of rotatable bonds is 3. The van der Waals surface area contributed by atoms with Gasteiger partial charge in [0.1, 0.15) is 0 Å². The van der Waals surface area contributed by atoms with Gasteiger partial charge in [0.15, 0.2) is 5.69 Å². The largest absolute Gasteiger partial charge is 0.399 e. The fourth-order valence-electron chi connectivity index (χ4n) is 1.80. The Kier molecular flexibility index (Phi) is 4.30. The number of carbonyl (C=O) groups excluding carboxylic acids is 1. The highest BCUT2D eigenvalue weighted by molar-refractivity contribution is 6.00. The number of hydrogen-bond donors (Lipinski definition) is 3. The number of amides is 1. The average Bonchev–Trinajstić information content (AvgIpc) is 2.95. The molecule has 0 radical (unpaired) electrons. The van der Waals surface area contributed by atoms with Crippen LogP contribution in [-0.2, 0) is 5.41 Å². The predicted octanol–water partition coefficient (Wildman–Crippen LogP) is 2.44. The molecule has 1 aromatic carbocycles. The molecule has 0 aliphatic heterocycles. The lowest BCUT2D eigenvalue weighted by Crippen LogP contribution is -2.19. The summed E-state index contributed by atoms with van der Waals surface area (Å²) in [6, 6.07) is 9.03. The zero-order chi connectivity index (χ0) is 16.3. The normalized spacial score (nSPS) is 12.3. The molecule has 0 atom stereocenters. The van der Waals surface area contributed by atoms with Crippen LogP contribution in [0, 0.1) is 0 Å². The van der Waals surface area contributed by atoms with Gasteiger partial charge in [-0.1, -0.05) is 32.9 Å². The highest BCUT2D eigenvalue weighted by atomic mass is 16.2. The van der Waals surface area contributed by atoms with Crippen molar-refractivity contribution in [3.05, 3.63) is 47.3 Å². The van der Waals surface area contributed by atoms with Crippen LogP contribution in [0.1, 0.15) is 49.4 Å². The molecule has 0 aliphatic rings. The van der Waals surface area contributed by atoms with Crippen molar-refractivity contribution in [1.82, 2.24) is 15.6 Å². The summed E-state index contributed by atoms with van der Waals surface area (Å²) in [6.07, 6.45) is 0. The first-order chi connectivity index (χ1) is 10.3. The van der Waals surface area contributed by atoms with Gasteiger partial charge < -0.3 is 5.73 Å². The van der Waals surface area contributed by atoms with Crippen molar-refractivity contribution in [3.63, 3.8) is 0 Å². The van der Waals surface area contributed by atoms with Crippen LogP contribution in [0.3, 0.4) is 0 Å². The Morgan fingerprint density at radius 3 is 2.45 bits per heavy atom. The molecule has 0 saturated carbocycles. The molecule has 0 fully saturated rings. The maximum Gasteiger partial charge on any atom is 0.291 e. The van der Waals surface area contributed by atoms with Gasteiger partial charge in [0, 0.05) is 16.8 Å². The maximum absolute atomic E-state index is 12.1. The van der Waals surface area contributed by atoms with Crippen LogP contribution < -0.4 is 11.2 Å². The van der Waals surface area contributed by atoms with Gasteiger partial charge in [0.05, 0.1) is 5.71 Å². The number of aromatic amines is 1. The topological polar surface area (TPSA) is 96.2 Å². The summed E-state index contributed by atoms with van der Waals surface area (Å²) in [5, 5.41) is 11.0. The molecule has 0 unspecified atom stereocenters. The first-order valence-electron chi connectivity index (χ1n) is 7.04. The highest BCUT2D eigenvalue weighted by Gasteiger charge is 2.19. The summed E-state index contributed by atoms with van der Waals surface area (Å²) in [4.78, 5) is 12.1. The second-order valence-corrected chi connectivity index (χ2v) is 6.18. The number of nitrogens with zero attached hydrogens (tertiary/aromatic N) is 2. The van der Waals surface area contributed by atoms with E-state index in [9.17, 15) is 4.79 Å². The van der Waals surface area contributed by atoms with Crippen LogP contribution in [0.25, 0.3) is 0 Å². The number of benzene rings is 1. The van der Waals surface area contributed by atoms with E-state index < -0.39 is 0 Å². The van der Waals surface area contributed by atoms with Crippen molar-refractivity contribution in [2.24, 2.45) is 5.10 Å². The minimum Gasteiger partial charge on any atom is -0.399 e. The second kappa shape index (κ2) is 6.01. The van der Waals surface area contributed by atoms with Crippen LogP contribution in [0.2, 0.25) is 0 Å². The van der Waals surface area contributed by atoms with E-state index in [1.165, 1.54) is 0 Å². The molecule has 2 rings (SSSR count). The Balaban J connectivity index is 2.07. The third-order valence-corrected chi connectivity index (χ3v) is 3.27. The van der Waals surface area contributed by atoms with Gasteiger partial charge in [-0.25, -0.2) is 5.43 Å². The molecule has 1 amide bonds. The predicted molar refractivity (Wildman–Crippen MR) is 87.8 cm³/mol. The highest BCUT2D eigenvalue weighted by Crippen LogP contribution is 2.20. The number of hydrazone groups is 1. The summed E-state index contributed by atoms with van der Waals surface area (Å²) in [6.45, 7) is 7.96. The summed E-state index contributed by atoms with van der Waals surface area (Å²) in [5.74, 6) is -0.346.